The van der Waals surface area contributed by atoms with Crippen LogP contribution in [0.3, 0.4) is 0 Å². The van der Waals surface area contributed by atoms with E-state index in [0.717, 1.165) is 6.54 Å². The quantitative estimate of drug-likeness (QED) is 0.852. The Hall–Kier alpha value is -1.64. The maximum Gasteiger partial charge on any atom is 0.0971 e. The van der Waals surface area contributed by atoms with E-state index >= 15 is 0 Å². The van der Waals surface area contributed by atoms with Crippen LogP contribution < -0.4 is 5.32 Å². The highest BCUT2D eigenvalue weighted by Crippen LogP contribution is 2.20. The Morgan fingerprint density at radius 3 is 2.11 bits per heavy atom. The van der Waals surface area contributed by atoms with Crippen LogP contribution in [0, 0.1) is 0 Å². The highest BCUT2D eigenvalue weighted by atomic mass is 16.5. The smallest absolute Gasteiger partial charge is 0.0971 e. The van der Waals surface area contributed by atoms with Crippen molar-refractivity contribution in [3.05, 3.63) is 71.8 Å². The van der Waals surface area contributed by atoms with E-state index in [1.165, 1.54) is 11.1 Å². The Morgan fingerprint density at radius 1 is 0.947 bits per heavy atom. The van der Waals surface area contributed by atoms with Crippen molar-refractivity contribution in [2.24, 2.45) is 0 Å². The molecule has 0 amide bonds. The zero-order valence-electron chi connectivity index (χ0n) is 11.5. The van der Waals surface area contributed by atoms with E-state index in [1.807, 2.05) is 24.3 Å². The standard InChI is InChI=1S/C17H21NO/c1-14(18-13-15-9-5-3-6-10-15)17(19-2)16-11-7-4-8-12-16/h3-12,14,17-18H,13H2,1-2H3/t14-,17-/m0/s1. The molecular weight excluding hydrogens is 234 g/mol. The zero-order valence-corrected chi connectivity index (χ0v) is 11.5. The van der Waals surface area contributed by atoms with Crippen molar-refractivity contribution in [2.75, 3.05) is 7.11 Å². The van der Waals surface area contributed by atoms with Gasteiger partial charge in [-0.15, -0.1) is 0 Å². The maximum absolute atomic E-state index is 5.62. The van der Waals surface area contributed by atoms with Gasteiger partial charge in [0, 0.05) is 19.7 Å². The van der Waals surface area contributed by atoms with Gasteiger partial charge >= 0.3 is 0 Å². The first-order valence-electron chi connectivity index (χ1n) is 6.66. The number of methoxy groups -OCH3 is 1. The van der Waals surface area contributed by atoms with Crippen LogP contribution in [0.1, 0.15) is 24.2 Å². The van der Waals surface area contributed by atoms with Gasteiger partial charge < -0.3 is 10.1 Å². The van der Waals surface area contributed by atoms with Gasteiger partial charge in [0.1, 0.15) is 0 Å². The molecule has 19 heavy (non-hydrogen) atoms. The number of nitrogens with one attached hydrogen (secondary N) is 1. The molecule has 2 rings (SSSR count). The molecule has 2 aromatic carbocycles. The second-order valence-corrected chi connectivity index (χ2v) is 4.72. The van der Waals surface area contributed by atoms with Gasteiger partial charge in [-0.25, -0.2) is 0 Å². The van der Waals surface area contributed by atoms with Crippen molar-refractivity contribution >= 4 is 0 Å². The molecule has 2 atom stereocenters. The van der Waals surface area contributed by atoms with Crippen LogP contribution in [0.4, 0.5) is 0 Å². The minimum absolute atomic E-state index is 0.0740. The Bertz CT molecular complexity index is 469. The Labute approximate surface area is 115 Å². The Morgan fingerprint density at radius 2 is 1.53 bits per heavy atom. The predicted octanol–water partition coefficient (Wildman–Crippen LogP) is 3.55. The lowest BCUT2D eigenvalue weighted by molar-refractivity contribution is 0.0730. The molecule has 2 aromatic rings. The average molecular weight is 255 g/mol. The van der Waals surface area contributed by atoms with E-state index in [9.17, 15) is 0 Å². The summed E-state index contributed by atoms with van der Waals surface area (Å²) in [5, 5.41) is 3.52. The van der Waals surface area contributed by atoms with Gasteiger partial charge in [0.25, 0.3) is 0 Å². The highest BCUT2D eigenvalue weighted by Gasteiger charge is 2.17. The van der Waals surface area contributed by atoms with E-state index in [0.29, 0.717) is 0 Å². The molecule has 0 heterocycles. The summed E-state index contributed by atoms with van der Waals surface area (Å²) in [5.74, 6) is 0. The molecule has 0 bridgehead atoms. The van der Waals surface area contributed by atoms with Crippen LogP contribution >= 0.6 is 0 Å². The molecule has 0 fully saturated rings. The fraction of sp³-hybridized carbons (Fsp3) is 0.294. The topological polar surface area (TPSA) is 21.3 Å². The lowest BCUT2D eigenvalue weighted by Crippen LogP contribution is -2.32. The summed E-state index contributed by atoms with van der Waals surface area (Å²) in [4.78, 5) is 0. The number of hydrogen-bond acceptors (Lipinski definition) is 2. The summed E-state index contributed by atoms with van der Waals surface area (Å²) in [6, 6.07) is 21.0. The first-order valence-corrected chi connectivity index (χ1v) is 6.66. The van der Waals surface area contributed by atoms with Crippen LogP contribution in [0.2, 0.25) is 0 Å². The van der Waals surface area contributed by atoms with Gasteiger partial charge in [-0.1, -0.05) is 60.7 Å². The molecule has 100 valence electrons. The third-order valence-corrected chi connectivity index (χ3v) is 3.31. The van der Waals surface area contributed by atoms with Crippen LogP contribution in [-0.2, 0) is 11.3 Å². The van der Waals surface area contributed by atoms with Crippen molar-refractivity contribution in [3.8, 4) is 0 Å². The number of rotatable bonds is 6. The van der Waals surface area contributed by atoms with E-state index in [1.54, 1.807) is 7.11 Å². The molecule has 0 saturated heterocycles. The molecule has 0 radical (unpaired) electrons. The van der Waals surface area contributed by atoms with Gasteiger partial charge in [0.2, 0.25) is 0 Å². The molecule has 0 saturated carbocycles. The van der Waals surface area contributed by atoms with Gasteiger partial charge in [0.05, 0.1) is 6.10 Å². The van der Waals surface area contributed by atoms with Gasteiger partial charge in [-0.3, -0.25) is 0 Å². The lowest BCUT2D eigenvalue weighted by atomic mass is 10.0. The third kappa shape index (κ3) is 3.91. The van der Waals surface area contributed by atoms with Crippen molar-refractivity contribution in [2.45, 2.75) is 25.6 Å². The van der Waals surface area contributed by atoms with Crippen LogP contribution in [-0.4, -0.2) is 13.2 Å². The molecule has 2 heteroatoms. The van der Waals surface area contributed by atoms with Crippen molar-refractivity contribution in [1.82, 2.24) is 5.32 Å². The molecule has 0 aliphatic carbocycles. The average Bonchev–Trinajstić information content (AvgIpc) is 2.48. The summed E-state index contributed by atoms with van der Waals surface area (Å²) in [5.41, 5.74) is 2.50. The maximum atomic E-state index is 5.62. The summed E-state index contributed by atoms with van der Waals surface area (Å²) in [7, 11) is 1.76. The summed E-state index contributed by atoms with van der Waals surface area (Å²) >= 11 is 0. The van der Waals surface area contributed by atoms with E-state index in [4.69, 9.17) is 4.74 Å². The van der Waals surface area contributed by atoms with E-state index in [2.05, 4.69) is 48.6 Å². The van der Waals surface area contributed by atoms with Crippen LogP contribution in [0.15, 0.2) is 60.7 Å². The van der Waals surface area contributed by atoms with Gasteiger partial charge in [-0.05, 0) is 18.1 Å². The summed E-state index contributed by atoms with van der Waals surface area (Å²) in [6.45, 7) is 3.01. The molecule has 2 nitrogen and oxygen atoms in total. The molecule has 0 aliphatic rings. The molecule has 1 N–H and O–H groups in total. The highest BCUT2D eigenvalue weighted by molar-refractivity contribution is 5.19. The van der Waals surface area contributed by atoms with Crippen LogP contribution in [0.25, 0.3) is 0 Å². The SMILES string of the molecule is CO[C@H](c1ccccc1)[C@H](C)NCc1ccccc1. The Kier molecular flexibility index (Phi) is 5.13. The largest absolute Gasteiger partial charge is 0.375 e. The predicted molar refractivity (Wildman–Crippen MR) is 78.9 cm³/mol. The Balaban J connectivity index is 1.96. The molecule has 0 spiro atoms. The number of benzene rings is 2. The monoisotopic (exact) mass is 255 g/mol. The number of hydrogen-bond donors (Lipinski definition) is 1. The van der Waals surface area contributed by atoms with E-state index < -0.39 is 0 Å². The molecular formula is C17H21NO. The van der Waals surface area contributed by atoms with Crippen molar-refractivity contribution < 1.29 is 4.74 Å². The zero-order chi connectivity index (χ0) is 13.5. The molecule has 0 unspecified atom stereocenters. The normalized spacial score (nSPS) is 14.0. The van der Waals surface area contributed by atoms with E-state index in [-0.39, 0.29) is 12.1 Å². The van der Waals surface area contributed by atoms with Crippen LogP contribution in [0.5, 0.6) is 0 Å². The minimum atomic E-state index is 0.0740. The second kappa shape index (κ2) is 7.07. The summed E-state index contributed by atoms with van der Waals surface area (Å²) < 4.78 is 5.62. The van der Waals surface area contributed by atoms with Crippen molar-refractivity contribution in [1.29, 1.82) is 0 Å². The first-order chi connectivity index (χ1) is 9.31. The summed E-state index contributed by atoms with van der Waals surface area (Å²) in [6.07, 6.45) is 0.0740. The van der Waals surface area contributed by atoms with Gasteiger partial charge in [-0.2, -0.15) is 0 Å². The fourth-order valence-corrected chi connectivity index (χ4v) is 2.25. The first kappa shape index (κ1) is 13.8. The minimum Gasteiger partial charge on any atom is -0.375 e. The number of ether oxygens (including phenoxy) is 1. The van der Waals surface area contributed by atoms with Gasteiger partial charge in [0.15, 0.2) is 0 Å². The third-order valence-electron chi connectivity index (χ3n) is 3.31. The molecule has 0 aliphatic heterocycles. The molecule has 0 aromatic heterocycles. The lowest BCUT2D eigenvalue weighted by Gasteiger charge is -2.24. The second-order valence-electron chi connectivity index (χ2n) is 4.72. The fourth-order valence-electron chi connectivity index (χ4n) is 2.25. The van der Waals surface area contributed by atoms with Crippen molar-refractivity contribution in [3.63, 3.8) is 0 Å².